The summed E-state index contributed by atoms with van der Waals surface area (Å²) in [5, 5.41) is 0. The molecule has 0 saturated heterocycles. The molecule has 0 aliphatic carbocycles. The molecule has 0 aromatic carbocycles. The maximum atomic E-state index is 11.0. The van der Waals surface area contributed by atoms with E-state index in [1.807, 2.05) is 0 Å². The van der Waals surface area contributed by atoms with Crippen LogP contribution in [0.1, 0.15) is 0 Å². The van der Waals surface area contributed by atoms with Crippen LogP contribution in [0.15, 0.2) is 0 Å². The third kappa shape index (κ3) is 7.89. The van der Waals surface area contributed by atoms with Crippen molar-refractivity contribution in [1.82, 2.24) is 4.72 Å². The summed E-state index contributed by atoms with van der Waals surface area (Å²) in [5.41, 5.74) is -4.91. The lowest BCUT2D eigenvalue weighted by molar-refractivity contribution is -0.139. The Morgan fingerprint density at radius 3 is 1.40 bits per heavy atom. The van der Waals surface area contributed by atoms with Gasteiger partial charge in [-0.3, -0.25) is 0 Å². The molecule has 0 aliphatic heterocycles. The van der Waals surface area contributed by atoms with Crippen molar-refractivity contribution in [3.8, 4) is 0 Å². The van der Waals surface area contributed by atoms with Crippen LogP contribution in [0.4, 0.5) is 26.3 Å². The molecule has 0 saturated carbocycles. The summed E-state index contributed by atoms with van der Waals surface area (Å²) in [6.45, 7) is 0. The summed E-state index contributed by atoms with van der Waals surface area (Å²) in [6.07, 6.45) is -5.00. The molecule has 0 aromatic heterocycles. The molecule has 0 aromatic rings. The number of hydrogen-bond acceptors (Lipinski definition) is 2. The van der Waals surface area contributed by atoms with Gasteiger partial charge in [-0.1, -0.05) is 0 Å². The summed E-state index contributed by atoms with van der Waals surface area (Å²) >= 11 is -1.33. The molecule has 0 radical (unpaired) electrons. The van der Waals surface area contributed by atoms with Gasteiger partial charge in [0.05, 0.1) is 0 Å². The van der Waals surface area contributed by atoms with Gasteiger partial charge in [-0.05, 0) is 0 Å². The molecule has 62 valence electrons. The first-order valence-electron chi connectivity index (χ1n) is 1.79. The van der Waals surface area contributed by atoms with Crippen LogP contribution in [0.25, 0.3) is 0 Å². The van der Waals surface area contributed by atoms with Crippen molar-refractivity contribution in [3.05, 3.63) is 0 Å². The zero-order chi connectivity index (χ0) is 8.41. The molecule has 0 heterocycles. The van der Waals surface area contributed by atoms with Crippen LogP contribution >= 0.6 is 11.9 Å². The SMILES string of the molecule is FC(F)(F)NSC(F)(F)F. The zero-order valence-corrected chi connectivity index (χ0v) is 4.99. The van der Waals surface area contributed by atoms with E-state index < -0.39 is 23.8 Å². The highest BCUT2D eigenvalue weighted by Crippen LogP contribution is 2.30. The lowest BCUT2D eigenvalue weighted by Crippen LogP contribution is -2.28. The first kappa shape index (κ1) is 9.89. The van der Waals surface area contributed by atoms with Gasteiger partial charge in [0.25, 0.3) is 0 Å². The predicted octanol–water partition coefficient (Wildman–Crippen LogP) is 2.26. The lowest BCUT2D eigenvalue weighted by atomic mass is 11.3. The van der Waals surface area contributed by atoms with Crippen LogP contribution in [0.3, 0.4) is 0 Å². The van der Waals surface area contributed by atoms with E-state index in [1.54, 1.807) is 0 Å². The first-order valence-corrected chi connectivity index (χ1v) is 2.61. The number of halogens is 6. The number of rotatable bonds is 1. The monoisotopic (exact) mass is 185 g/mol. The molecule has 0 amide bonds. The van der Waals surface area contributed by atoms with Crippen LogP contribution < -0.4 is 4.72 Å². The highest BCUT2D eigenvalue weighted by Gasteiger charge is 2.36. The van der Waals surface area contributed by atoms with Gasteiger partial charge >= 0.3 is 11.8 Å². The Hall–Kier alpha value is -0.110. The minimum atomic E-state index is -5.00. The predicted molar refractivity (Wildman–Crippen MR) is 22.8 cm³/mol. The molecule has 0 unspecified atom stereocenters. The Bertz CT molecular complexity index is 89.3. The van der Waals surface area contributed by atoms with E-state index >= 15 is 0 Å². The van der Waals surface area contributed by atoms with Gasteiger partial charge in [-0.2, -0.15) is 31.1 Å². The molecule has 1 N–H and O–H groups in total. The van der Waals surface area contributed by atoms with Gasteiger partial charge in [-0.25, -0.2) is 0 Å². The number of nitrogens with one attached hydrogen (secondary N) is 1. The Balaban J connectivity index is 3.56. The van der Waals surface area contributed by atoms with Crippen molar-refractivity contribution in [1.29, 1.82) is 0 Å². The van der Waals surface area contributed by atoms with Gasteiger partial charge in [0.2, 0.25) is 0 Å². The van der Waals surface area contributed by atoms with E-state index in [1.165, 1.54) is 0 Å². The maximum absolute atomic E-state index is 11.0. The Labute approximate surface area is 55.9 Å². The fourth-order valence-corrected chi connectivity index (χ4v) is 0.347. The van der Waals surface area contributed by atoms with Crippen molar-refractivity contribution in [2.45, 2.75) is 11.8 Å². The first-order chi connectivity index (χ1) is 4.21. The van der Waals surface area contributed by atoms with Crippen LogP contribution in [0, 0.1) is 0 Å². The Kier molecular flexibility index (Phi) is 2.84. The van der Waals surface area contributed by atoms with E-state index in [0.29, 0.717) is 0 Å². The summed E-state index contributed by atoms with van der Waals surface area (Å²) in [4.78, 5) is 0. The highest BCUT2D eigenvalue weighted by molar-refractivity contribution is 7.98. The maximum Gasteiger partial charge on any atom is 0.467 e. The topological polar surface area (TPSA) is 12.0 Å². The van der Waals surface area contributed by atoms with Crippen molar-refractivity contribution < 1.29 is 26.3 Å². The van der Waals surface area contributed by atoms with E-state index in [0.717, 1.165) is 0 Å². The van der Waals surface area contributed by atoms with Crippen molar-refractivity contribution in [2.24, 2.45) is 0 Å². The number of alkyl halides is 6. The molecule has 0 rings (SSSR count). The second-order valence-electron chi connectivity index (χ2n) is 1.15. The molecule has 8 heteroatoms. The van der Waals surface area contributed by atoms with Gasteiger partial charge in [0.1, 0.15) is 0 Å². The standard InChI is InChI=1S/C2HF6NS/c3-1(4,5)9-10-2(6,7)8/h9H. The molecule has 10 heavy (non-hydrogen) atoms. The zero-order valence-electron chi connectivity index (χ0n) is 4.18. The molecular weight excluding hydrogens is 184 g/mol. The van der Waals surface area contributed by atoms with E-state index in [9.17, 15) is 26.3 Å². The van der Waals surface area contributed by atoms with Crippen molar-refractivity contribution in [2.75, 3.05) is 0 Å². The van der Waals surface area contributed by atoms with Crippen LogP contribution in [-0.2, 0) is 0 Å². The Morgan fingerprint density at radius 2 is 1.30 bits per heavy atom. The smallest absolute Gasteiger partial charge is 0.164 e. The summed E-state index contributed by atoms with van der Waals surface area (Å²) in [6, 6.07) is 0. The minimum absolute atomic E-state index is 0.253. The van der Waals surface area contributed by atoms with Gasteiger partial charge in [0.15, 0.2) is 0 Å². The minimum Gasteiger partial charge on any atom is -0.164 e. The van der Waals surface area contributed by atoms with Crippen LogP contribution in [0.2, 0.25) is 0 Å². The third-order valence-electron chi connectivity index (χ3n) is 0.282. The largest absolute Gasteiger partial charge is 0.467 e. The third-order valence-corrected chi connectivity index (χ3v) is 0.847. The second-order valence-corrected chi connectivity index (χ2v) is 2.02. The molecule has 0 fully saturated rings. The molecule has 0 atom stereocenters. The second kappa shape index (κ2) is 2.87. The molecule has 0 spiro atoms. The number of hydrogen-bond donors (Lipinski definition) is 1. The van der Waals surface area contributed by atoms with Gasteiger partial charge in [-0.15, -0.1) is 0 Å². The molecule has 0 bridgehead atoms. The summed E-state index contributed by atoms with van der Waals surface area (Å²) in [7, 11) is 0. The molecule has 1 nitrogen and oxygen atoms in total. The Morgan fingerprint density at radius 1 is 0.900 bits per heavy atom. The summed E-state index contributed by atoms with van der Waals surface area (Å²) in [5.74, 6) is 0. The highest BCUT2D eigenvalue weighted by atomic mass is 32.2. The van der Waals surface area contributed by atoms with Crippen LogP contribution in [0.5, 0.6) is 0 Å². The fraction of sp³-hybridized carbons (Fsp3) is 1.00. The normalized spacial score (nSPS) is 13.8. The average Bonchev–Trinajstić information content (AvgIpc) is 1.57. The molecule has 0 aliphatic rings. The molecular formula is C2HF6NS. The van der Waals surface area contributed by atoms with E-state index in [-0.39, 0.29) is 4.72 Å². The van der Waals surface area contributed by atoms with Gasteiger partial charge < -0.3 is 0 Å². The quantitative estimate of drug-likeness (QED) is 0.382. The van der Waals surface area contributed by atoms with Crippen LogP contribution in [-0.4, -0.2) is 11.8 Å². The summed E-state index contributed by atoms with van der Waals surface area (Å²) < 4.78 is 66.1. The van der Waals surface area contributed by atoms with E-state index in [2.05, 4.69) is 0 Å². The fourth-order valence-electron chi connectivity index (χ4n) is 0.116. The average molecular weight is 185 g/mol. The van der Waals surface area contributed by atoms with Crippen molar-refractivity contribution in [3.63, 3.8) is 0 Å². The van der Waals surface area contributed by atoms with Crippen molar-refractivity contribution >= 4 is 11.9 Å². The lowest BCUT2D eigenvalue weighted by Gasteiger charge is -2.08. The van der Waals surface area contributed by atoms with E-state index in [4.69, 9.17) is 0 Å². The van der Waals surface area contributed by atoms with Gasteiger partial charge in [0, 0.05) is 11.9 Å².